The molecule has 1 N–H and O–H groups in total. The number of rotatable bonds is 5. The fourth-order valence-corrected chi connectivity index (χ4v) is 3.68. The van der Waals surface area contributed by atoms with Gasteiger partial charge < -0.3 is 5.32 Å². The first-order valence-electron chi connectivity index (χ1n) is 8.41. The van der Waals surface area contributed by atoms with Crippen LogP contribution < -0.4 is 5.32 Å². The van der Waals surface area contributed by atoms with Crippen molar-refractivity contribution in [2.75, 3.05) is 19.6 Å². The Balaban J connectivity index is 1.59. The van der Waals surface area contributed by atoms with Gasteiger partial charge in [0.05, 0.1) is 0 Å². The summed E-state index contributed by atoms with van der Waals surface area (Å²) in [6.45, 7) is 6.96. The van der Waals surface area contributed by atoms with E-state index in [9.17, 15) is 0 Å². The lowest BCUT2D eigenvalue weighted by atomic mass is 10.0. The molecule has 3 rings (SSSR count). The van der Waals surface area contributed by atoms with E-state index in [-0.39, 0.29) is 0 Å². The van der Waals surface area contributed by atoms with Crippen molar-refractivity contribution in [2.24, 2.45) is 0 Å². The van der Waals surface area contributed by atoms with E-state index in [2.05, 4.69) is 35.3 Å². The molecule has 1 aromatic carbocycles. The van der Waals surface area contributed by atoms with Gasteiger partial charge in [0.2, 0.25) is 0 Å². The van der Waals surface area contributed by atoms with Gasteiger partial charge in [0.1, 0.15) is 0 Å². The molecule has 1 heterocycles. The Hall–Kier alpha value is -0.860. The third-order valence-electron chi connectivity index (χ3n) is 4.91. The van der Waals surface area contributed by atoms with Crippen molar-refractivity contribution in [3.63, 3.8) is 0 Å². The zero-order chi connectivity index (χ0) is 13.8. The highest BCUT2D eigenvalue weighted by Gasteiger charge is 2.17. The Bertz CT molecular complexity index is 435. The first kappa shape index (κ1) is 14.1. The highest BCUT2D eigenvalue weighted by atomic mass is 15.1. The van der Waals surface area contributed by atoms with E-state index in [1.165, 1.54) is 57.2 Å². The number of aryl methyl sites for hydroxylation is 2. The monoisotopic (exact) mass is 272 g/mol. The summed E-state index contributed by atoms with van der Waals surface area (Å²) in [7, 11) is 0. The first-order valence-corrected chi connectivity index (χ1v) is 8.41. The maximum absolute atomic E-state index is 3.67. The molecule has 1 unspecified atom stereocenters. The van der Waals surface area contributed by atoms with Gasteiger partial charge in [-0.25, -0.2) is 0 Å². The molecule has 110 valence electrons. The fourth-order valence-electron chi connectivity index (χ4n) is 3.68. The van der Waals surface area contributed by atoms with Crippen molar-refractivity contribution in [1.82, 2.24) is 10.2 Å². The summed E-state index contributed by atoms with van der Waals surface area (Å²) in [4.78, 5) is 2.60. The number of likely N-dealkylation sites (N-methyl/N-ethyl adjacent to an activating group) is 1. The minimum absolute atomic E-state index is 0.707. The normalized spacial score (nSPS) is 22.2. The molecule has 1 aromatic rings. The van der Waals surface area contributed by atoms with Gasteiger partial charge >= 0.3 is 0 Å². The largest absolute Gasteiger partial charge is 0.313 e. The van der Waals surface area contributed by atoms with Gasteiger partial charge in [-0.1, -0.05) is 31.5 Å². The van der Waals surface area contributed by atoms with Crippen molar-refractivity contribution in [1.29, 1.82) is 0 Å². The maximum atomic E-state index is 3.67. The molecule has 0 aromatic heterocycles. The maximum Gasteiger partial charge on any atom is 0.0234 e. The zero-order valence-electron chi connectivity index (χ0n) is 12.8. The molecular formula is C18H28N2. The van der Waals surface area contributed by atoms with Gasteiger partial charge in [-0.05, 0) is 61.9 Å². The van der Waals surface area contributed by atoms with Crippen LogP contribution in [0.15, 0.2) is 18.2 Å². The van der Waals surface area contributed by atoms with Crippen LogP contribution in [0.25, 0.3) is 0 Å². The van der Waals surface area contributed by atoms with Crippen LogP contribution in [0.5, 0.6) is 0 Å². The summed E-state index contributed by atoms with van der Waals surface area (Å²) < 4.78 is 0. The predicted molar refractivity (Wildman–Crippen MR) is 85.1 cm³/mol. The molecule has 2 nitrogen and oxygen atoms in total. The molecule has 0 amide bonds. The number of nitrogens with one attached hydrogen (secondary N) is 1. The standard InChI is InChI=1S/C18H28N2/c1-2-20(14-18-8-3-4-11-19-18)13-15-9-10-16-6-5-7-17(16)12-15/h9-10,12,18-19H,2-8,11,13-14H2,1H3. The Labute approximate surface area is 123 Å². The van der Waals surface area contributed by atoms with E-state index in [4.69, 9.17) is 0 Å². The van der Waals surface area contributed by atoms with Crippen LogP contribution >= 0.6 is 0 Å². The van der Waals surface area contributed by atoms with Crippen molar-refractivity contribution in [3.05, 3.63) is 34.9 Å². The summed E-state index contributed by atoms with van der Waals surface area (Å²) in [5.74, 6) is 0. The lowest BCUT2D eigenvalue weighted by molar-refractivity contribution is 0.226. The van der Waals surface area contributed by atoms with Crippen molar-refractivity contribution < 1.29 is 0 Å². The van der Waals surface area contributed by atoms with E-state index in [1.54, 1.807) is 11.1 Å². The number of fused-ring (bicyclic) bond motifs is 1. The third-order valence-corrected chi connectivity index (χ3v) is 4.91. The lowest BCUT2D eigenvalue weighted by Gasteiger charge is -2.30. The van der Waals surface area contributed by atoms with Crippen LogP contribution in [0.1, 0.15) is 49.3 Å². The van der Waals surface area contributed by atoms with Gasteiger partial charge in [0.25, 0.3) is 0 Å². The van der Waals surface area contributed by atoms with E-state index in [0.29, 0.717) is 6.04 Å². The smallest absolute Gasteiger partial charge is 0.0234 e. The van der Waals surface area contributed by atoms with E-state index in [0.717, 1.165) is 13.1 Å². The molecule has 0 bridgehead atoms. The second-order valence-corrected chi connectivity index (χ2v) is 6.43. The molecule has 1 atom stereocenters. The zero-order valence-corrected chi connectivity index (χ0v) is 12.8. The molecule has 0 spiro atoms. The van der Waals surface area contributed by atoms with Crippen molar-refractivity contribution in [2.45, 2.75) is 58.0 Å². The molecule has 1 fully saturated rings. The molecule has 2 heteroatoms. The first-order chi connectivity index (χ1) is 9.85. The molecule has 0 radical (unpaired) electrons. The van der Waals surface area contributed by atoms with Crippen LogP contribution in [0, 0.1) is 0 Å². The summed E-state index contributed by atoms with van der Waals surface area (Å²) in [5.41, 5.74) is 4.70. The molecule has 1 saturated heterocycles. The number of piperidine rings is 1. The summed E-state index contributed by atoms with van der Waals surface area (Å²) in [6.07, 6.45) is 8.03. The van der Waals surface area contributed by atoms with Crippen LogP contribution in [-0.2, 0) is 19.4 Å². The number of hydrogen-bond acceptors (Lipinski definition) is 2. The Morgan fingerprint density at radius 3 is 2.85 bits per heavy atom. The molecule has 2 aliphatic rings. The minimum Gasteiger partial charge on any atom is -0.313 e. The lowest BCUT2D eigenvalue weighted by Crippen LogP contribution is -2.43. The summed E-state index contributed by atoms with van der Waals surface area (Å²) in [6, 6.07) is 7.88. The third kappa shape index (κ3) is 3.42. The quantitative estimate of drug-likeness (QED) is 0.886. The molecular weight excluding hydrogens is 244 g/mol. The SMILES string of the molecule is CCN(Cc1ccc2c(c1)CCC2)CC1CCCCN1. The predicted octanol–water partition coefficient (Wildman–Crippen LogP) is 3.14. The Kier molecular flexibility index (Phi) is 4.74. The summed E-state index contributed by atoms with van der Waals surface area (Å²) in [5, 5.41) is 3.67. The van der Waals surface area contributed by atoms with E-state index >= 15 is 0 Å². The average Bonchev–Trinajstić information content (AvgIpc) is 2.95. The minimum atomic E-state index is 0.707. The second-order valence-electron chi connectivity index (χ2n) is 6.43. The van der Waals surface area contributed by atoms with Gasteiger partial charge in [0, 0.05) is 19.1 Å². The number of benzene rings is 1. The van der Waals surface area contributed by atoms with Crippen LogP contribution in [-0.4, -0.2) is 30.6 Å². The highest BCUT2D eigenvalue weighted by Crippen LogP contribution is 2.23. The number of nitrogens with zero attached hydrogens (tertiary/aromatic N) is 1. The molecule has 20 heavy (non-hydrogen) atoms. The van der Waals surface area contributed by atoms with Crippen LogP contribution in [0.3, 0.4) is 0 Å². The molecule has 0 saturated carbocycles. The fraction of sp³-hybridized carbons (Fsp3) is 0.667. The summed E-state index contributed by atoms with van der Waals surface area (Å²) >= 11 is 0. The van der Waals surface area contributed by atoms with Gasteiger partial charge in [-0.3, -0.25) is 4.90 Å². The van der Waals surface area contributed by atoms with Crippen LogP contribution in [0.4, 0.5) is 0 Å². The number of hydrogen-bond donors (Lipinski definition) is 1. The van der Waals surface area contributed by atoms with Gasteiger partial charge in [0.15, 0.2) is 0 Å². The highest BCUT2D eigenvalue weighted by molar-refractivity contribution is 5.35. The van der Waals surface area contributed by atoms with E-state index in [1.807, 2.05) is 0 Å². The van der Waals surface area contributed by atoms with Gasteiger partial charge in [-0.2, -0.15) is 0 Å². The van der Waals surface area contributed by atoms with E-state index < -0.39 is 0 Å². The topological polar surface area (TPSA) is 15.3 Å². The van der Waals surface area contributed by atoms with Gasteiger partial charge in [-0.15, -0.1) is 0 Å². The van der Waals surface area contributed by atoms with Crippen molar-refractivity contribution >= 4 is 0 Å². The second kappa shape index (κ2) is 6.73. The van der Waals surface area contributed by atoms with Crippen molar-refractivity contribution in [3.8, 4) is 0 Å². The molecule has 1 aliphatic heterocycles. The van der Waals surface area contributed by atoms with Crippen LogP contribution in [0.2, 0.25) is 0 Å². The average molecular weight is 272 g/mol. The molecule has 1 aliphatic carbocycles. The Morgan fingerprint density at radius 1 is 1.15 bits per heavy atom. The Morgan fingerprint density at radius 2 is 2.05 bits per heavy atom.